The molecule has 1 unspecified atom stereocenters. The highest BCUT2D eigenvalue weighted by Crippen LogP contribution is 2.15. The average molecular weight is 272 g/mol. The van der Waals surface area contributed by atoms with Gasteiger partial charge in [-0.05, 0) is 33.4 Å². The van der Waals surface area contributed by atoms with Crippen LogP contribution in [0.1, 0.15) is 25.1 Å². The van der Waals surface area contributed by atoms with Gasteiger partial charge in [0.05, 0.1) is 6.20 Å². The Bertz CT molecular complexity index is 497. The van der Waals surface area contributed by atoms with E-state index in [4.69, 9.17) is 0 Å². The van der Waals surface area contributed by atoms with Gasteiger partial charge in [-0.3, -0.25) is 0 Å². The molecule has 0 saturated carbocycles. The molecule has 0 aromatic carbocycles. The van der Waals surface area contributed by atoms with Crippen molar-refractivity contribution in [2.75, 3.05) is 20.1 Å². The second-order valence-electron chi connectivity index (χ2n) is 4.81. The van der Waals surface area contributed by atoms with Gasteiger partial charge in [-0.1, -0.05) is 6.42 Å². The molecule has 0 radical (unpaired) electrons. The summed E-state index contributed by atoms with van der Waals surface area (Å²) >= 11 is 0. The van der Waals surface area contributed by atoms with Gasteiger partial charge < -0.3 is 9.88 Å². The Labute approximate surface area is 108 Å². The minimum Gasteiger partial charge on any atom is -0.332 e. The van der Waals surface area contributed by atoms with Gasteiger partial charge in [0.25, 0.3) is 10.0 Å². The smallest absolute Gasteiger partial charge is 0.257 e. The maximum atomic E-state index is 12.0. The molecule has 2 rings (SSSR count). The number of H-pyrrole nitrogens is 1. The lowest BCUT2D eigenvalue weighted by molar-refractivity contribution is 0.187. The second kappa shape index (κ2) is 5.38. The van der Waals surface area contributed by atoms with E-state index in [0.717, 1.165) is 13.0 Å². The van der Waals surface area contributed by atoms with Gasteiger partial charge in [0, 0.05) is 12.6 Å². The Morgan fingerprint density at radius 3 is 2.94 bits per heavy atom. The maximum Gasteiger partial charge on any atom is 0.257 e. The van der Waals surface area contributed by atoms with Gasteiger partial charge in [-0.25, -0.2) is 18.1 Å². The lowest BCUT2D eigenvalue weighted by atomic mass is 10.0. The number of rotatable bonds is 4. The predicted molar refractivity (Wildman–Crippen MR) is 68.8 cm³/mol. The molecule has 0 amide bonds. The van der Waals surface area contributed by atoms with Gasteiger partial charge in [-0.15, -0.1) is 0 Å². The molecular formula is C11H20N4O2S. The number of aryl methyl sites for hydroxylation is 1. The molecule has 1 saturated heterocycles. The van der Waals surface area contributed by atoms with Crippen LogP contribution >= 0.6 is 0 Å². The summed E-state index contributed by atoms with van der Waals surface area (Å²) in [5, 5.41) is 0.137. The minimum atomic E-state index is -3.46. The Balaban J connectivity index is 1.96. The number of piperidine rings is 1. The quantitative estimate of drug-likeness (QED) is 0.835. The SMILES string of the molecule is Cc1ncc(S(=O)(=O)NCC2CCCCN2C)[nH]1. The number of nitrogens with one attached hydrogen (secondary N) is 2. The van der Waals surface area contributed by atoms with E-state index < -0.39 is 10.0 Å². The number of hydrogen-bond donors (Lipinski definition) is 2. The van der Waals surface area contributed by atoms with Gasteiger partial charge in [0.15, 0.2) is 5.03 Å². The van der Waals surface area contributed by atoms with E-state index in [1.165, 1.54) is 19.0 Å². The van der Waals surface area contributed by atoms with Crippen molar-refractivity contribution in [2.45, 2.75) is 37.3 Å². The number of imidazole rings is 1. The molecular weight excluding hydrogens is 252 g/mol. The molecule has 0 spiro atoms. The molecule has 1 aromatic rings. The highest BCUT2D eigenvalue weighted by atomic mass is 32.2. The molecule has 2 heterocycles. The Morgan fingerprint density at radius 2 is 2.33 bits per heavy atom. The van der Waals surface area contributed by atoms with Crippen molar-refractivity contribution >= 4 is 10.0 Å². The van der Waals surface area contributed by atoms with Crippen LogP contribution in [-0.2, 0) is 10.0 Å². The van der Waals surface area contributed by atoms with Crippen LogP contribution in [0.5, 0.6) is 0 Å². The number of nitrogens with zero attached hydrogens (tertiary/aromatic N) is 2. The first-order valence-corrected chi connectivity index (χ1v) is 7.69. The summed E-state index contributed by atoms with van der Waals surface area (Å²) in [6.45, 7) is 3.22. The number of aromatic amines is 1. The molecule has 1 atom stereocenters. The van der Waals surface area contributed by atoms with Crippen LogP contribution in [-0.4, -0.2) is 49.5 Å². The van der Waals surface area contributed by atoms with Crippen LogP contribution in [0.4, 0.5) is 0 Å². The average Bonchev–Trinajstić information content (AvgIpc) is 2.76. The van der Waals surface area contributed by atoms with Crippen molar-refractivity contribution in [1.82, 2.24) is 19.6 Å². The number of sulfonamides is 1. The number of likely N-dealkylation sites (N-methyl/N-ethyl adjacent to an activating group) is 1. The highest BCUT2D eigenvalue weighted by Gasteiger charge is 2.22. The highest BCUT2D eigenvalue weighted by molar-refractivity contribution is 7.89. The third kappa shape index (κ3) is 3.09. The summed E-state index contributed by atoms with van der Waals surface area (Å²) in [4.78, 5) is 8.86. The molecule has 0 bridgehead atoms. The summed E-state index contributed by atoms with van der Waals surface area (Å²) in [6, 6.07) is 0.289. The van der Waals surface area contributed by atoms with Crippen molar-refractivity contribution < 1.29 is 8.42 Å². The van der Waals surface area contributed by atoms with E-state index in [2.05, 4.69) is 19.6 Å². The van der Waals surface area contributed by atoms with Crippen LogP contribution in [0.3, 0.4) is 0 Å². The zero-order valence-corrected chi connectivity index (χ0v) is 11.6. The zero-order valence-electron chi connectivity index (χ0n) is 10.8. The second-order valence-corrected chi connectivity index (χ2v) is 6.55. The van der Waals surface area contributed by atoms with E-state index in [0.29, 0.717) is 12.4 Å². The van der Waals surface area contributed by atoms with Gasteiger partial charge in [0.2, 0.25) is 0 Å². The minimum absolute atomic E-state index is 0.137. The van der Waals surface area contributed by atoms with Crippen molar-refractivity contribution in [3.05, 3.63) is 12.0 Å². The number of hydrogen-bond acceptors (Lipinski definition) is 4. The van der Waals surface area contributed by atoms with Gasteiger partial charge >= 0.3 is 0 Å². The molecule has 1 aromatic heterocycles. The van der Waals surface area contributed by atoms with E-state index in [1.807, 2.05) is 7.05 Å². The fourth-order valence-corrected chi connectivity index (χ4v) is 3.26. The summed E-state index contributed by atoms with van der Waals surface area (Å²) in [6.07, 6.45) is 4.75. The third-order valence-electron chi connectivity index (χ3n) is 3.40. The normalized spacial score (nSPS) is 22.2. The van der Waals surface area contributed by atoms with Crippen LogP contribution < -0.4 is 4.72 Å². The standard InChI is InChI=1S/C11H20N4O2S/c1-9-12-8-11(14-9)18(16,17)13-7-10-5-3-4-6-15(10)2/h8,10,13H,3-7H2,1-2H3,(H,12,14). The van der Waals surface area contributed by atoms with Crippen LogP contribution in [0.2, 0.25) is 0 Å². The summed E-state index contributed by atoms with van der Waals surface area (Å²) in [5.74, 6) is 0.602. The number of aromatic nitrogens is 2. The first-order valence-electron chi connectivity index (χ1n) is 6.20. The van der Waals surface area contributed by atoms with E-state index in [1.54, 1.807) is 6.92 Å². The maximum absolute atomic E-state index is 12.0. The summed E-state index contributed by atoms with van der Waals surface area (Å²) in [5.41, 5.74) is 0. The molecule has 0 aliphatic carbocycles. The van der Waals surface area contributed by atoms with Crippen LogP contribution in [0.25, 0.3) is 0 Å². The Kier molecular flexibility index (Phi) is 4.04. The van der Waals surface area contributed by atoms with Gasteiger partial charge in [0.1, 0.15) is 5.82 Å². The van der Waals surface area contributed by atoms with E-state index >= 15 is 0 Å². The number of likely N-dealkylation sites (tertiary alicyclic amines) is 1. The molecule has 6 nitrogen and oxygen atoms in total. The predicted octanol–water partition coefficient (Wildman–Crippen LogP) is 0.481. The molecule has 1 fully saturated rings. The molecule has 18 heavy (non-hydrogen) atoms. The largest absolute Gasteiger partial charge is 0.332 e. The Hall–Kier alpha value is -0.920. The molecule has 1 aliphatic rings. The lowest BCUT2D eigenvalue weighted by Gasteiger charge is -2.32. The van der Waals surface area contributed by atoms with Gasteiger partial charge in [-0.2, -0.15) is 0 Å². The fourth-order valence-electron chi connectivity index (χ4n) is 2.22. The topological polar surface area (TPSA) is 78.1 Å². The van der Waals surface area contributed by atoms with Crippen LogP contribution in [0, 0.1) is 6.92 Å². The fraction of sp³-hybridized carbons (Fsp3) is 0.727. The first kappa shape index (κ1) is 13.5. The van der Waals surface area contributed by atoms with Crippen LogP contribution in [0.15, 0.2) is 11.2 Å². The van der Waals surface area contributed by atoms with Crippen molar-refractivity contribution in [3.63, 3.8) is 0 Å². The van der Waals surface area contributed by atoms with Crippen molar-refractivity contribution in [3.8, 4) is 0 Å². The summed E-state index contributed by atoms with van der Waals surface area (Å²) in [7, 11) is -1.42. The van der Waals surface area contributed by atoms with Crippen molar-refractivity contribution in [1.29, 1.82) is 0 Å². The molecule has 7 heteroatoms. The third-order valence-corrected chi connectivity index (χ3v) is 4.73. The van der Waals surface area contributed by atoms with Crippen molar-refractivity contribution in [2.24, 2.45) is 0 Å². The van der Waals surface area contributed by atoms with E-state index in [9.17, 15) is 8.42 Å². The lowest BCUT2D eigenvalue weighted by Crippen LogP contribution is -2.44. The molecule has 102 valence electrons. The van der Waals surface area contributed by atoms with E-state index in [-0.39, 0.29) is 11.1 Å². The Morgan fingerprint density at radius 1 is 1.56 bits per heavy atom. The monoisotopic (exact) mass is 272 g/mol. The summed E-state index contributed by atoms with van der Waals surface area (Å²) < 4.78 is 26.6. The molecule has 1 aliphatic heterocycles. The zero-order chi connectivity index (χ0) is 13.2. The molecule has 2 N–H and O–H groups in total. The first-order chi connectivity index (χ1) is 8.49.